The number of rotatable bonds is 2. The summed E-state index contributed by atoms with van der Waals surface area (Å²) in [6.45, 7) is 2.47. The fourth-order valence-corrected chi connectivity index (χ4v) is 2.29. The van der Waals surface area contributed by atoms with Crippen LogP contribution in [0.25, 0.3) is 0 Å². The maximum absolute atomic E-state index is 11.2. The van der Waals surface area contributed by atoms with E-state index in [0.29, 0.717) is 18.7 Å². The SMILES string of the molecule is CN1CCn2c(nnc2C2(C(=O)O)CC2)C1. The molecule has 1 aromatic heterocycles. The van der Waals surface area contributed by atoms with Crippen molar-refractivity contribution in [3.8, 4) is 0 Å². The molecule has 0 unspecified atom stereocenters. The van der Waals surface area contributed by atoms with Crippen molar-refractivity contribution in [3.05, 3.63) is 11.6 Å². The van der Waals surface area contributed by atoms with Crippen LogP contribution < -0.4 is 0 Å². The normalized spacial score (nSPS) is 22.8. The lowest BCUT2D eigenvalue weighted by Crippen LogP contribution is -2.33. The number of hydrogen-bond donors (Lipinski definition) is 1. The van der Waals surface area contributed by atoms with E-state index in [1.807, 2.05) is 11.6 Å². The number of likely N-dealkylation sites (N-methyl/N-ethyl adjacent to an activating group) is 1. The molecule has 1 aliphatic heterocycles. The Bertz CT molecular complexity index is 450. The van der Waals surface area contributed by atoms with Gasteiger partial charge < -0.3 is 9.67 Å². The molecule has 0 amide bonds. The zero-order chi connectivity index (χ0) is 11.3. The van der Waals surface area contributed by atoms with Crippen molar-refractivity contribution in [1.29, 1.82) is 0 Å². The topological polar surface area (TPSA) is 71.2 Å². The first-order valence-electron chi connectivity index (χ1n) is 5.48. The molecule has 86 valence electrons. The van der Waals surface area contributed by atoms with Crippen LogP contribution in [-0.2, 0) is 23.3 Å². The summed E-state index contributed by atoms with van der Waals surface area (Å²) < 4.78 is 1.99. The largest absolute Gasteiger partial charge is 0.480 e. The average Bonchev–Trinajstić information content (AvgIpc) is 2.94. The third-order valence-electron chi connectivity index (χ3n) is 3.53. The molecule has 6 heteroatoms. The molecular formula is C10H14N4O2. The van der Waals surface area contributed by atoms with Crippen LogP contribution in [0, 0.1) is 0 Å². The van der Waals surface area contributed by atoms with E-state index in [2.05, 4.69) is 15.1 Å². The van der Waals surface area contributed by atoms with Gasteiger partial charge in [-0.05, 0) is 19.9 Å². The summed E-state index contributed by atoms with van der Waals surface area (Å²) in [4.78, 5) is 13.4. The highest BCUT2D eigenvalue weighted by Crippen LogP contribution is 2.47. The second kappa shape index (κ2) is 3.04. The van der Waals surface area contributed by atoms with Gasteiger partial charge in [-0.15, -0.1) is 10.2 Å². The van der Waals surface area contributed by atoms with Crippen molar-refractivity contribution >= 4 is 5.97 Å². The van der Waals surface area contributed by atoms with Crippen molar-refractivity contribution in [2.24, 2.45) is 0 Å². The molecule has 3 rings (SSSR count). The molecule has 0 saturated heterocycles. The van der Waals surface area contributed by atoms with Crippen LogP contribution in [0.4, 0.5) is 0 Å². The van der Waals surface area contributed by atoms with E-state index >= 15 is 0 Å². The van der Waals surface area contributed by atoms with E-state index in [-0.39, 0.29) is 0 Å². The number of fused-ring (bicyclic) bond motifs is 1. The molecule has 16 heavy (non-hydrogen) atoms. The molecule has 2 aliphatic rings. The van der Waals surface area contributed by atoms with Gasteiger partial charge >= 0.3 is 5.97 Å². The maximum atomic E-state index is 11.2. The van der Waals surface area contributed by atoms with Gasteiger partial charge in [0, 0.05) is 13.1 Å². The molecule has 0 radical (unpaired) electrons. The maximum Gasteiger partial charge on any atom is 0.317 e. The van der Waals surface area contributed by atoms with Crippen LogP contribution in [0.2, 0.25) is 0 Å². The van der Waals surface area contributed by atoms with Crippen LogP contribution in [0.5, 0.6) is 0 Å². The lowest BCUT2D eigenvalue weighted by molar-refractivity contribution is -0.140. The van der Waals surface area contributed by atoms with Crippen LogP contribution in [-0.4, -0.2) is 44.3 Å². The molecule has 0 atom stereocenters. The van der Waals surface area contributed by atoms with E-state index in [9.17, 15) is 9.90 Å². The number of nitrogens with zero attached hydrogens (tertiary/aromatic N) is 4. The Hall–Kier alpha value is -1.43. The first kappa shape index (κ1) is 9.77. The number of carboxylic acid groups (broad SMARTS) is 1. The lowest BCUT2D eigenvalue weighted by Gasteiger charge is -2.24. The highest BCUT2D eigenvalue weighted by molar-refractivity contribution is 5.83. The number of aliphatic carboxylic acids is 1. The second-order valence-electron chi connectivity index (χ2n) is 4.72. The third kappa shape index (κ3) is 1.19. The summed E-state index contributed by atoms with van der Waals surface area (Å²) in [5.41, 5.74) is -0.735. The molecule has 2 heterocycles. The fraction of sp³-hybridized carbons (Fsp3) is 0.700. The number of hydrogen-bond acceptors (Lipinski definition) is 4. The van der Waals surface area contributed by atoms with Crippen LogP contribution in [0.1, 0.15) is 24.5 Å². The van der Waals surface area contributed by atoms with Crippen molar-refractivity contribution in [2.45, 2.75) is 31.3 Å². The van der Waals surface area contributed by atoms with Gasteiger partial charge in [0.25, 0.3) is 0 Å². The number of aromatic nitrogens is 3. The van der Waals surface area contributed by atoms with Gasteiger partial charge in [-0.2, -0.15) is 0 Å². The van der Waals surface area contributed by atoms with Gasteiger partial charge in [-0.3, -0.25) is 9.69 Å². The summed E-state index contributed by atoms with van der Waals surface area (Å²) in [6.07, 6.45) is 1.38. The van der Waals surface area contributed by atoms with Gasteiger partial charge in [0.15, 0.2) is 5.82 Å². The standard InChI is InChI=1S/C10H14N4O2/c1-13-4-5-14-7(6-13)11-12-8(14)10(2-3-10)9(15)16/h2-6H2,1H3,(H,15,16). The molecule has 1 N–H and O–H groups in total. The summed E-state index contributed by atoms with van der Waals surface area (Å²) in [6, 6.07) is 0. The zero-order valence-corrected chi connectivity index (χ0v) is 9.18. The van der Waals surface area contributed by atoms with Crippen LogP contribution in [0.15, 0.2) is 0 Å². The Balaban J connectivity index is 2.01. The Kier molecular flexibility index (Phi) is 1.85. The predicted octanol–water partition coefficient (Wildman–Crippen LogP) is -0.160. The molecule has 0 spiro atoms. The van der Waals surface area contributed by atoms with Crippen molar-refractivity contribution in [1.82, 2.24) is 19.7 Å². The number of carbonyl (C=O) groups is 1. The monoisotopic (exact) mass is 222 g/mol. The Morgan fingerprint density at radius 3 is 2.75 bits per heavy atom. The lowest BCUT2D eigenvalue weighted by atomic mass is 10.1. The van der Waals surface area contributed by atoms with Gasteiger partial charge in [-0.1, -0.05) is 0 Å². The van der Waals surface area contributed by atoms with E-state index < -0.39 is 11.4 Å². The quantitative estimate of drug-likeness (QED) is 0.752. The van der Waals surface area contributed by atoms with E-state index in [0.717, 1.165) is 25.5 Å². The minimum atomic E-state index is -0.762. The minimum absolute atomic E-state index is 0.656. The average molecular weight is 222 g/mol. The molecule has 1 aliphatic carbocycles. The van der Waals surface area contributed by atoms with Crippen molar-refractivity contribution < 1.29 is 9.90 Å². The summed E-state index contributed by atoms with van der Waals surface area (Å²) in [5, 5.41) is 17.4. The Labute approximate surface area is 92.9 Å². The third-order valence-corrected chi connectivity index (χ3v) is 3.53. The first-order valence-corrected chi connectivity index (χ1v) is 5.48. The molecule has 0 aromatic carbocycles. The van der Waals surface area contributed by atoms with Crippen molar-refractivity contribution in [3.63, 3.8) is 0 Å². The Morgan fingerprint density at radius 1 is 1.38 bits per heavy atom. The molecular weight excluding hydrogens is 208 g/mol. The predicted molar refractivity (Wildman–Crippen MR) is 54.9 cm³/mol. The molecule has 1 fully saturated rings. The highest BCUT2D eigenvalue weighted by atomic mass is 16.4. The molecule has 1 aromatic rings. The smallest absolute Gasteiger partial charge is 0.317 e. The Morgan fingerprint density at radius 2 is 2.12 bits per heavy atom. The molecule has 0 bridgehead atoms. The van der Waals surface area contributed by atoms with E-state index in [1.165, 1.54) is 0 Å². The van der Waals surface area contributed by atoms with Gasteiger partial charge in [0.05, 0.1) is 6.54 Å². The number of carboxylic acids is 1. The molecule has 1 saturated carbocycles. The van der Waals surface area contributed by atoms with Crippen LogP contribution >= 0.6 is 0 Å². The summed E-state index contributed by atoms with van der Waals surface area (Å²) in [5.74, 6) is 0.779. The minimum Gasteiger partial charge on any atom is -0.480 e. The van der Waals surface area contributed by atoms with E-state index in [4.69, 9.17) is 0 Å². The van der Waals surface area contributed by atoms with Gasteiger partial charge in [0.2, 0.25) is 0 Å². The summed E-state index contributed by atoms with van der Waals surface area (Å²) in [7, 11) is 2.03. The summed E-state index contributed by atoms with van der Waals surface area (Å²) >= 11 is 0. The van der Waals surface area contributed by atoms with Crippen molar-refractivity contribution in [2.75, 3.05) is 13.6 Å². The van der Waals surface area contributed by atoms with Gasteiger partial charge in [0.1, 0.15) is 11.2 Å². The van der Waals surface area contributed by atoms with Crippen LogP contribution in [0.3, 0.4) is 0 Å². The first-order chi connectivity index (χ1) is 7.63. The van der Waals surface area contributed by atoms with Gasteiger partial charge in [-0.25, -0.2) is 0 Å². The zero-order valence-electron chi connectivity index (χ0n) is 9.18. The highest BCUT2D eigenvalue weighted by Gasteiger charge is 2.56. The second-order valence-corrected chi connectivity index (χ2v) is 4.72. The molecule has 6 nitrogen and oxygen atoms in total. The fourth-order valence-electron chi connectivity index (χ4n) is 2.29. The van der Waals surface area contributed by atoms with E-state index in [1.54, 1.807) is 0 Å².